The fourth-order valence-electron chi connectivity index (χ4n) is 4.44. The number of anilines is 5. The summed E-state index contributed by atoms with van der Waals surface area (Å²) < 4.78 is 15.8. The number of hydrogen-bond donors (Lipinski definition) is 3. The first-order valence-corrected chi connectivity index (χ1v) is 13.8. The summed E-state index contributed by atoms with van der Waals surface area (Å²) in [6.45, 7) is 2.26. The number of carbonyl (C=O) groups is 1. The highest BCUT2D eigenvalue weighted by atomic mass is 19.1. The lowest BCUT2D eigenvalue weighted by atomic mass is 10.2. The number of hydrogen-bond acceptors (Lipinski definition) is 9. The van der Waals surface area contributed by atoms with Gasteiger partial charge in [-0.15, -0.1) is 0 Å². The van der Waals surface area contributed by atoms with E-state index in [2.05, 4.69) is 40.9 Å². The Kier molecular flexibility index (Phi) is 7.78. The van der Waals surface area contributed by atoms with Crippen LogP contribution in [0.3, 0.4) is 0 Å². The van der Waals surface area contributed by atoms with Crippen LogP contribution in [0.5, 0.6) is 0 Å². The van der Waals surface area contributed by atoms with E-state index >= 15 is 0 Å². The third-order valence-electron chi connectivity index (χ3n) is 6.72. The Morgan fingerprint density at radius 3 is 2.48 bits per heavy atom. The Hall–Kier alpha value is -5.91. The smallest absolute Gasteiger partial charge is 0.251 e. The lowest BCUT2D eigenvalue weighted by Gasteiger charge is -2.13. The number of aromatic nitrogens is 6. The lowest BCUT2D eigenvalue weighted by Crippen LogP contribution is -2.23. The van der Waals surface area contributed by atoms with Gasteiger partial charge < -0.3 is 20.9 Å². The number of nitrogens with one attached hydrogen (secondary N) is 3. The van der Waals surface area contributed by atoms with E-state index in [1.165, 1.54) is 12.1 Å². The van der Waals surface area contributed by atoms with Gasteiger partial charge in [0.15, 0.2) is 17.0 Å². The van der Waals surface area contributed by atoms with Gasteiger partial charge in [0.05, 0.1) is 17.9 Å². The number of halogens is 1. The zero-order valence-electron chi connectivity index (χ0n) is 24.3. The normalized spacial score (nSPS) is 10.9. The topological polar surface area (TPSA) is 126 Å². The molecule has 4 aromatic heterocycles. The van der Waals surface area contributed by atoms with Crippen LogP contribution in [0.15, 0.2) is 91.4 Å². The van der Waals surface area contributed by atoms with E-state index in [0.29, 0.717) is 46.3 Å². The van der Waals surface area contributed by atoms with Crippen molar-refractivity contribution in [3.8, 4) is 5.69 Å². The largest absolute Gasteiger partial charge is 0.363 e. The zero-order chi connectivity index (χ0) is 30.6. The van der Waals surface area contributed by atoms with E-state index in [1.54, 1.807) is 53.5 Å². The maximum absolute atomic E-state index is 14.1. The highest BCUT2D eigenvalue weighted by Crippen LogP contribution is 2.27. The molecule has 0 saturated heterocycles. The minimum Gasteiger partial charge on any atom is -0.363 e. The summed E-state index contributed by atoms with van der Waals surface area (Å²) >= 11 is 0. The van der Waals surface area contributed by atoms with Gasteiger partial charge in [-0.05, 0) is 73.2 Å². The van der Waals surface area contributed by atoms with Crippen molar-refractivity contribution in [2.45, 2.75) is 13.5 Å². The summed E-state index contributed by atoms with van der Waals surface area (Å²) in [4.78, 5) is 37.6. The molecule has 0 unspecified atom stereocenters. The van der Waals surface area contributed by atoms with E-state index < -0.39 is 0 Å². The number of carbonyl (C=O) groups excluding carboxylic acids is 1. The predicted molar refractivity (Wildman–Crippen MR) is 168 cm³/mol. The van der Waals surface area contributed by atoms with Crippen molar-refractivity contribution in [1.29, 1.82) is 0 Å². The molecule has 0 bridgehead atoms. The van der Waals surface area contributed by atoms with Crippen LogP contribution in [0.4, 0.5) is 33.5 Å². The van der Waals surface area contributed by atoms with Gasteiger partial charge in [-0.2, -0.15) is 9.97 Å². The van der Waals surface area contributed by atoms with Crippen molar-refractivity contribution in [2.24, 2.45) is 0 Å². The zero-order valence-corrected chi connectivity index (χ0v) is 24.3. The minimum atomic E-state index is -0.374. The molecule has 0 saturated carbocycles. The molecule has 44 heavy (non-hydrogen) atoms. The molecule has 0 aliphatic carbocycles. The molecule has 4 heterocycles. The maximum Gasteiger partial charge on any atom is 0.251 e. The number of pyridine rings is 2. The first kappa shape index (κ1) is 28.2. The lowest BCUT2D eigenvalue weighted by molar-refractivity contribution is 0.0950. The number of aryl methyl sites for hydroxylation is 1. The molecule has 2 aromatic carbocycles. The van der Waals surface area contributed by atoms with E-state index in [9.17, 15) is 9.18 Å². The van der Waals surface area contributed by atoms with Crippen LogP contribution in [-0.4, -0.2) is 49.5 Å². The molecule has 1 amide bonds. The van der Waals surface area contributed by atoms with E-state index in [4.69, 9.17) is 0 Å². The van der Waals surface area contributed by atoms with Gasteiger partial charge in [0.2, 0.25) is 5.95 Å². The van der Waals surface area contributed by atoms with Crippen LogP contribution in [0.25, 0.3) is 16.9 Å². The summed E-state index contributed by atoms with van der Waals surface area (Å²) in [5, 5.41) is 9.35. The molecular weight excluding hydrogens is 559 g/mol. The molecule has 0 spiro atoms. The van der Waals surface area contributed by atoms with E-state index in [1.807, 2.05) is 56.3 Å². The quantitative estimate of drug-likeness (QED) is 0.200. The molecule has 0 aliphatic heterocycles. The summed E-state index contributed by atoms with van der Waals surface area (Å²) in [6.07, 6.45) is 3.32. The van der Waals surface area contributed by atoms with E-state index in [-0.39, 0.29) is 17.7 Å². The van der Waals surface area contributed by atoms with Gasteiger partial charge in [0, 0.05) is 31.5 Å². The second-order valence-electron chi connectivity index (χ2n) is 10.3. The Bertz CT molecular complexity index is 1940. The summed E-state index contributed by atoms with van der Waals surface area (Å²) in [5.41, 5.74) is 4.47. The minimum absolute atomic E-state index is 0.219. The van der Waals surface area contributed by atoms with Crippen LogP contribution < -0.4 is 20.9 Å². The third kappa shape index (κ3) is 6.28. The van der Waals surface area contributed by atoms with Crippen LogP contribution in [0, 0.1) is 12.7 Å². The van der Waals surface area contributed by atoms with Crippen molar-refractivity contribution in [3.05, 3.63) is 114 Å². The molecule has 6 aromatic rings. The Balaban J connectivity index is 1.25. The molecule has 220 valence electrons. The second-order valence-corrected chi connectivity index (χ2v) is 10.3. The molecule has 3 N–H and O–H groups in total. The van der Waals surface area contributed by atoms with Gasteiger partial charge in [-0.1, -0.05) is 18.2 Å². The van der Waals surface area contributed by atoms with Crippen molar-refractivity contribution in [1.82, 2.24) is 34.8 Å². The molecule has 0 radical (unpaired) electrons. The van der Waals surface area contributed by atoms with Crippen molar-refractivity contribution >= 4 is 46.2 Å². The van der Waals surface area contributed by atoms with Crippen molar-refractivity contribution < 1.29 is 9.18 Å². The predicted octanol–water partition coefficient (Wildman–Crippen LogP) is 5.54. The number of rotatable bonds is 9. The second kappa shape index (κ2) is 12.1. The molecular formula is C32H29FN10O. The summed E-state index contributed by atoms with van der Waals surface area (Å²) in [7, 11) is 3.84. The van der Waals surface area contributed by atoms with Crippen LogP contribution >= 0.6 is 0 Å². The van der Waals surface area contributed by atoms with Crippen molar-refractivity contribution in [2.75, 3.05) is 29.6 Å². The maximum atomic E-state index is 14.1. The Morgan fingerprint density at radius 1 is 0.909 bits per heavy atom. The van der Waals surface area contributed by atoms with Crippen LogP contribution in [0.2, 0.25) is 0 Å². The fraction of sp³-hybridized carbons (Fsp3) is 0.125. The van der Waals surface area contributed by atoms with Gasteiger partial charge in [-0.3, -0.25) is 9.36 Å². The highest BCUT2D eigenvalue weighted by Gasteiger charge is 2.16. The molecule has 11 nitrogen and oxygen atoms in total. The highest BCUT2D eigenvalue weighted by molar-refractivity contribution is 5.95. The first-order chi connectivity index (χ1) is 21.3. The summed E-state index contributed by atoms with van der Waals surface area (Å²) in [5.74, 6) is 1.49. The number of benzene rings is 2. The average molecular weight is 589 g/mol. The number of amides is 1. The number of nitrogens with zero attached hydrogens (tertiary/aromatic N) is 7. The van der Waals surface area contributed by atoms with Crippen LogP contribution in [0.1, 0.15) is 21.6 Å². The SMILES string of the molecule is Cc1ccc(Nc2nc(Nc3ccc(C(=O)NCc4cccc(N(C)C)n4)cc3)c3ncn(-c4cccc(F)c4)c3n2)nc1. The molecule has 0 fully saturated rings. The van der Waals surface area contributed by atoms with Gasteiger partial charge in [-0.25, -0.2) is 19.3 Å². The Morgan fingerprint density at radius 2 is 1.73 bits per heavy atom. The first-order valence-electron chi connectivity index (χ1n) is 13.8. The molecule has 6 rings (SSSR count). The summed E-state index contributed by atoms with van der Waals surface area (Å²) in [6, 6.07) is 22.6. The average Bonchev–Trinajstić information content (AvgIpc) is 3.46. The van der Waals surface area contributed by atoms with Gasteiger partial charge in [0.1, 0.15) is 23.8 Å². The van der Waals surface area contributed by atoms with Crippen LogP contribution in [-0.2, 0) is 6.54 Å². The third-order valence-corrected chi connectivity index (χ3v) is 6.72. The fourth-order valence-corrected chi connectivity index (χ4v) is 4.44. The molecule has 0 atom stereocenters. The Labute approximate surface area is 252 Å². The van der Waals surface area contributed by atoms with E-state index in [0.717, 1.165) is 17.1 Å². The number of fused-ring (bicyclic) bond motifs is 1. The van der Waals surface area contributed by atoms with Gasteiger partial charge in [0.25, 0.3) is 5.91 Å². The number of imidazole rings is 1. The van der Waals surface area contributed by atoms with Crippen molar-refractivity contribution in [3.63, 3.8) is 0 Å². The molecule has 0 aliphatic rings. The molecule has 12 heteroatoms. The standard InChI is InChI=1S/C32H29FN10O/c1-20-10-15-26(34-17-20)39-32-40-29(28-30(41-32)43(19-36-28)25-8-4-6-22(33)16-25)38-23-13-11-21(12-14-23)31(44)35-18-24-7-5-9-27(37-24)42(2)3/h4-17,19H,18H2,1-3H3,(H,35,44)(H2,34,38,39,40,41). The monoisotopic (exact) mass is 588 g/mol. The van der Waals surface area contributed by atoms with Gasteiger partial charge >= 0.3 is 0 Å².